The van der Waals surface area contributed by atoms with Crippen molar-refractivity contribution >= 4 is 45.4 Å². The minimum absolute atomic E-state index is 0.0487. The van der Waals surface area contributed by atoms with E-state index < -0.39 is 51.5 Å². The number of aliphatic carboxylic acids is 1. The molecule has 1 fully saturated rings. The van der Waals surface area contributed by atoms with Gasteiger partial charge in [-0.05, 0) is 19.3 Å². The number of carboxylic acid groups (broad SMARTS) is 2. The van der Waals surface area contributed by atoms with Crippen molar-refractivity contribution in [3.63, 3.8) is 0 Å². The highest BCUT2D eigenvalue weighted by Crippen LogP contribution is 2.47. The topological polar surface area (TPSA) is 121 Å². The predicted octanol–water partition coefficient (Wildman–Crippen LogP) is 1.93. The third-order valence-electron chi connectivity index (χ3n) is 4.04. The lowest BCUT2D eigenvalue weighted by atomic mass is 9.72. The number of carbonyl (C=O) groups is 2. The van der Waals surface area contributed by atoms with Gasteiger partial charge in [-0.15, -0.1) is 29.8 Å². The van der Waals surface area contributed by atoms with Crippen LogP contribution in [-0.2, 0) is 19.1 Å². The van der Waals surface area contributed by atoms with E-state index in [4.69, 9.17) is 27.4 Å². The van der Waals surface area contributed by atoms with E-state index in [9.17, 15) is 28.2 Å². The third-order valence-corrected chi connectivity index (χ3v) is 5.90. The second-order valence-corrected chi connectivity index (χ2v) is 8.00. The molecule has 1 aliphatic heterocycles. The van der Waals surface area contributed by atoms with Gasteiger partial charge in [0.2, 0.25) is 0 Å². The molecule has 0 spiro atoms. The molecule has 138 valence electrons. The Labute approximate surface area is 150 Å². The molecule has 1 aliphatic rings. The van der Waals surface area contributed by atoms with E-state index in [-0.39, 0.29) is 18.7 Å². The third kappa shape index (κ3) is 4.33. The Hall–Kier alpha value is -1.03. The number of hydrogen-bond donors (Lipinski definition) is 2. The fourth-order valence-electron chi connectivity index (χ4n) is 3.16. The van der Waals surface area contributed by atoms with Gasteiger partial charge in [0, 0.05) is 11.3 Å². The van der Waals surface area contributed by atoms with Crippen LogP contribution in [0.15, 0.2) is 12.7 Å². The molecule has 2 N–H and O–H groups in total. The summed E-state index contributed by atoms with van der Waals surface area (Å²) in [7, 11) is -4.13. The number of alkyl halides is 2. The van der Waals surface area contributed by atoms with Crippen LogP contribution in [0.1, 0.15) is 19.3 Å². The van der Waals surface area contributed by atoms with Gasteiger partial charge in [0.1, 0.15) is 17.4 Å². The number of amides is 1. The number of nitrogens with zero attached hydrogens (tertiary/aromatic N) is 1. The summed E-state index contributed by atoms with van der Waals surface area (Å²) >= 11 is 11.0. The minimum atomic E-state index is -4.13. The number of allylic oxidation sites excluding steroid dienone is 1. The predicted molar refractivity (Wildman–Crippen MR) is 87.9 cm³/mol. The Morgan fingerprint density at radius 2 is 2.00 bits per heavy atom. The molecule has 1 saturated heterocycles. The van der Waals surface area contributed by atoms with Gasteiger partial charge in [-0.1, -0.05) is 6.08 Å². The van der Waals surface area contributed by atoms with Gasteiger partial charge in [0.25, 0.3) is 10.1 Å². The first-order chi connectivity index (χ1) is 11.1. The maximum Gasteiger partial charge on any atom is 0.408 e. The fraction of sp³-hybridized carbons (Fsp3) is 0.692. The minimum Gasteiger partial charge on any atom is -0.480 e. The second-order valence-electron chi connectivity index (χ2n) is 5.45. The Morgan fingerprint density at radius 3 is 2.42 bits per heavy atom. The van der Waals surface area contributed by atoms with E-state index in [0.29, 0.717) is 11.3 Å². The lowest BCUT2D eigenvalue weighted by molar-refractivity contribution is -0.146. The van der Waals surface area contributed by atoms with E-state index in [0.717, 1.165) is 0 Å². The molecule has 0 aromatic rings. The first-order valence-electron chi connectivity index (χ1n) is 7.01. The molecule has 0 aliphatic carbocycles. The molecule has 0 bridgehead atoms. The Balaban J connectivity index is 3.42. The van der Waals surface area contributed by atoms with Crippen molar-refractivity contribution in [1.82, 2.24) is 4.90 Å². The summed E-state index contributed by atoms with van der Waals surface area (Å²) in [6, 6.07) is -1.48. The summed E-state index contributed by atoms with van der Waals surface area (Å²) in [4.78, 5) is 23.9. The molecule has 8 nitrogen and oxygen atoms in total. The van der Waals surface area contributed by atoms with Crippen molar-refractivity contribution in [3.05, 3.63) is 12.7 Å². The number of hydrogen-bond acceptors (Lipinski definition) is 5. The second kappa shape index (κ2) is 8.37. The van der Waals surface area contributed by atoms with Gasteiger partial charge in [0.05, 0.1) is 6.54 Å². The zero-order valence-electron chi connectivity index (χ0n) is 12.7. The molecular formula is C13H19Cl2NO7S. The molecule has 0 radical (unpaired) electrons. The zero-order valence-corrected chi connectivity index (χ0v) is 15.1. The maximum atomic E-state index is 11.8. The quantitative estimate of drug-likeness (QED) is 0.342. The number of likely N-dealkylation sites (tertiary alicyclic amines) is 1. The fourth-order valence-corrected chi connectivity index (χ4v) is 4.10. The average Bonchev–Trinajstić information content (AvgIpc) is 2.80. The Kier molecular flexibility index (Phi) is 7.33. The SMILES string of the molecule is C=CC[C@]1(CCCCl)[C@H](OS(=O)(=O)CCl)CN(C(=O)O)[C@@H]1C(=O)O. The average molecular weight is 404 g/mol. The normalized spacial score (nSPS) is 27.2. The molecule has 1 heterocycles. The van der Waals surface area contributed by atoms with Crippen LogP contribution in [0, 0.1) is 5.41 Å². The van der Waals surface area contributed by atoms with E-state index >= 15 is 0 Å². The van der Waals surface area contributed by atoms with Crippen molar-refractivity contribution in [1.29, 1.82) is 0 Å². The molecule has 0 aromatic heterocycles. The van der Waals surface area contributed by atoms with Gasteiger partial charge in [-0.3, -0.25) is 9.08 Å². The lowest BCUT2D eigenvalue weighted by Crippen LogP contribution is -2.49. The van der Waals surface area contributed by atoms with Crippen LogP contribution in [0.25, 0.3) is 0 Å². The van der Waals surface area contributed by atoms with E-state index in [1.165, 1.54) is 6.08 Å². The monoisotopic (exact) mass is 403 g/mol. The molecule has 0 saturated carbocycles. The standard InChI is InChI=1S/C13H19Cl2NO7S/c1-2-4-13(5-3-6-14)9(23-24(21,22)8-15)7-16(12(19)20)10(13)11(17)18/h2,9-10H,1,3-8H2,(H,17,18)(H,19,20)/t9-,10-,13+/m1/s1. The van der Waals surface area contributed by atoms with Crippen LogP contribution < -0.4 is 0 Å². The smallest absolute Gasteiger partial charge is 0.408 e. The Morgan fingerprint density at radius 1 is 1.38 bits per heavy atom. The highest BCUT2D eigenvalue weighted by atomic mass is 35.5. The van der Waals surface area contributed by atoms with Crippen LogP contribution in [-0.4, -0.2) is 65.4 Å². The largest absolute Gasteiger partial charge is 0.480 e. The van der Waals surface area contributed by atoms with Crippen molar-refractivity contribution in [2.75, 3.05) is 17.6 Å². The van der Waals surface area contributed by atoms with E-state index in [2.05, 4.69) is 6.58 Å². The van der Waals surface area contributed by atoms with E-state index in [1.54, 1.807) is 0 Å². The number of carboxylic acids is 1. The summed E-state index contributed by atoms with van der Waals surface area (Å²) in [6.07, 6.45) is -0.693. The van der Waals surface area contributed by atoms with Crippen LogP contribution >= 0.6 is 23.2 Å². The zero-order chi connectivity index (χ0) is 18.5. The van der Waals surface area contributed by atoms with Crippen molar-refractivity contribution in [2.24, 2.45) is 5.41 Å². The molecular weight excluding hydrogens is 385 g/mol. The molecule has 1 rings (SSSR count). The summed E-state index contributed by atoms with van der Waals surface area (Å²) < 4.78 is 28.6. The first kappa shape index (κ1) is 21.0. The summed E-state index contributed by atoms with van der Waals surface area (Å²) in [5.74, 6) is -1.18. The van der Waals surface area contributed by atoms with E-state index in [1.807, 2.05) is 0 Å². The summed E-state index contributed by atoms with van der Waals surface area (Å²) in [6.45, 7) is 3.16. The van der Waals surface area contributed by atoms with Gasteiger partial charge in [-0.2, -0.15) is 8.42 Å². The number of halogens is 2. The van der Waals surface area contributed by atoms with Crippen LogP contribution in [0.2, 0.25) is 0 Å². The molecule has 24 heavy (non-hydrogen) atoms. The van der Waals surface area contributed by atoms with Gasteiger partial charge in [0.15, 0.2) is 0 Å². The summed E-state index contributed by atoms with van der Waals surface area (Å²) in [5, 5.41) is 18.1. The van der Waals surface area contributed by atoms with Crippen LogP contribution in [0.5, 0.6) is 0 Å². The lowest BCUT2D eigenvalue weighted by Gasteiger charge is -2.36. The van der Waals surface area contributed by atoms with Crippen molar-refractivity contribution in [2.45, 2.75) is 31.4 Å². The van der Waals surface area contributed by atoms with Gasteiger partial charge >= 0.3 is 12.1 Å². The van der Waals surface area contributed by atoms with Gasteiger partial charge < -0.3 is 10.2 Å². The maximum absolute atomic E-state index is 11.8. The highest BCUT2D eigenvalue weighted by Gasteiger charge is 2.59. The molecule has 1 amide bonds. The highest BCUT2D eigenvalue weighted by molar-refractivity contribution is 7.87. The molecule has 0 aromatic carbocycles. The van der Waals surface area contributed by atoms with Gasteiger partial charge in [-0.25, -0.2) is 9.59 Å². The van der Waals surface area contributed by atoms with Crippen molar-refractivity contribution < 1.29 is 32.4 Å². The van der Waals surface area contributed by atoms with Crippen LogP contribution in [0.3, 0.4) is 0 Å². The Bertz CT molecular complexity index is 597. The van der Waals surface area contributed by atoms with Crippen LogP contribution in [0.4, 0.5) is 4.79 Å². The molecule has 0 unspecified atom stereocenters. The number of rotatable bonds is 9. The first-order valence-corrected chi connectivity index (χ1v) is 9.66. The van der Waals surface area contributed by atoms with Crippen molar-refractivity contribution in [3.8, 4) is 0 Å². The molecule has 11 heteroatoms. The summed E-state index contributed by atoms with van der Waals surface area (Å²) in [5.41, 5.74) is -1.31. The molecule has 3 atom stereocenters.